The summed E-state index contributed by atoms with van der Waals surface area (Å²) in [5.74, 6) is -2.12. The summed E-state index contributed by atoms with van der Waals surface area (Å²) in [5, 5.41) is 0. The Morgan fingerprint density at radius 2 is 1.60 bits per heavy atom. The smallest absolute Gasteiger partial charge is 0.272 e. The van der Waals surface area contributed by atoms with E-state index in [0.29, 0.717) is 48.5 Å². The third-order valence-electron chi connectivity index (χ3n) is 2.91. The number of halogens is 2. The Morgan fingerprint density at radius 3 is 2.05 bits per heavy atom. The molecule has 3 nitrogen and oxygen atoms in total. The maximum Gasteiger partial charge on any atom is 0.272 e. The molecule has 0 aliphatic carbocycles. The molecule has 0 atom stereocenters. The number of hydrogen-bond acceptors (Lipinski definition) is 3. The van der Waals surface area contributed by atoms with Crippen molar-refractivity contribution in [3.05, 3.63) is 35.4 Å². The fourth-order valence-electron chi connectivity index (χ4n) is 2.11. The van der Waals surface area contributed by atoms with Crippen LogP contribution >= 0.6 is 0 Å². The van der Waals surface area contributed by atoms with Crippen LogP contribution in [0.5, 0.6) is 0 Å². The van der Waals surface area contributed by atoms with Crippen LogP contribution in [0.1, 0.15) is 32.3 Å². The summed E-state index contributed by atoms with van der Waals surface area (Å²) >= 11 is 0. The van der Waals surface area contributed by atoms with E-state index in [0.717, 1.165) is 6.07 Å². The molecule has 6 heteroatoms. The highest BCUT2D eigenvalue weighted by molar-refractivity contribution is 5.98. The Bertz CT molecular complexity index is 389. The first-order valence-electron chi connectivity index (χ1n) is 6.83. The van der Waals surface area contributed by atoms with Gasteiger partial charge in [-0.2, -0.15) is 0 Å². The Hall–Kier alpha value is -0.823. The molecule has 0 radical (unpaired) electrons. The van der Waals surface area contributed by atoms with E-state index in [1.165, 1.54) is 12.1 Å². The van der Waals surface area contributed by atoms with Crippen molar-refractivity contribution in [2.45, 2.75) is 39.1 Å². The lowest BCUT2D eigenvalue weighted by Gasteiger charge is -2.31. The van der Waals surface area contributed by atoms with E-state index >= 15 is 0 Å². The Kier molecular flexibility index (Phi) is 7.29. The van der Waals surface area contributed by atoms with E-state index in [1.54, 1.807) is 0 Å². The van der Waals surface area contributed by atoms with Crippen LogP contribution in [0.2, 0.25) is 0 Å². The van der Waals surface area contributed by atoms with E-state index < -0.39 is 17.6 Å². The lowest BCUT2D eigenvalue weighted by atomic mass is 10.1. The van der Waals surface area contributed by atoms with Crippen molar-refractivity contribution in [3.8, 4) is 0 Å². The first kappa shape index (κ1) is 17.2. The molecule has 0 unspecified atom stereocenters. The first-order valence-corrected chi connectivity index (χ1v) is 7.65. The molecule has 114 valence electrons. The zero-order valence-electron chi connectivity index (χ0n) is 12.2. The molecule has 0 spiro atoms. The van der Waals surface area contributed by atoms with Gasteiger partial charge < -0.3 is 13.9 Å². The molecule has 1 aromatic rings. The first-order chi connectivity index (χ1) is 9.55. The van der Waals surface area contributed by atoms with Crippen LogP contribution < -0.4 is 0 Å². The SMILES string of the molecule is CCOC(CCCc1cc(F)cc(F)c1)(O[SiH3])OCC. The Morgan fingerprint density at radius 1 is 1.05 bits per heavy atom. The van der Waals surface area contributed by atoms with Gasteiger partial charge in [0.2, 0.25) is 0 Å². The Labute approximate surface area is 121 Å². The molecule has 0 bridgehead atoms. The lowest BCUT2D eigenvalue weighted by molar-refractivity contribution is -0.343. The number of benzene rings is 1. The molecule has 1 rings (SSSR count). The largest absolute Gasteiger partial charge is 0.380 e. The van der Waals surface area contributed by atoms with Gasteiger partial charge in [0.05, 0.1) is 0 Å². The standard InChI is InChI=1S/C14H22F2O3Si/c1-3-17-14(19-20,18-4-2)7-5-6-11-8-12(15)10-13(16)9-11/h8-10H,3-7H2,1-2,20H3. The van der Waals surface area contributed by atoms with Crippen LogP contribution in [0, 0.1) is 11.6 Å². The fourth-order valence-corrected chi connectivity index (χ4v) is 2.55. The highest BCUT2D eigenvalue weighted by Gasteiger charge is 2.30. The lowest BCUT2D eigenvalue weighted by Crippen LogP contribution is -2.38. The van der Waals surface area contributed by atoms with Gasteiger partial charge in [0.1, 0.15) is 11.6 Å². The van der Waals surface area contributed by atoms with Crippen molar-refractivity contribution in [3.63, 3.8) is 0 Å². The maximum atomic E-state index is 13.1. The van der Waals surface area contributed by atoms with Crippen molar-refractivity contribution < 1.29 is 22.7 Å². The zero-order valence-corrected chi connectivity index (χ0v) is 14.2. The Balaban J connectivity index is 2.59. The third-order valence-corrected chi connectivity index (χ3v) is 3.53. The molecule has 0 saturated carbocycles. The van der Waals surface area contributed by atoms with E-state index in [1.807, 2.05) is 13.8 Å². The second-order valence-corrected chi connectivity index (χ2v) is 4.79. The normalized spacial score (nSPS) is 12.0. The van der Waals surface area contributed by atoms with Crippen molar-refractivity contribution in [1.82, 2.24) is 0 Å². The topological polar surface area (TPSA) is 27.7 Å². The summed E-state index contributed by atoms with van der Waals surface area (Å²) in [7, 11) is 0.489. The van der Waals surface area contributed by atoms with E-state index in [2.05, 4.69) is 0 Å². The average molecular weight is 304 g/mol. The van der Waals surface area contributed by atoms with Crippen LogP contribution in [-0.4, -0.2) is 29.7 Å². The summed E-state index contributed by atoms with van der Waals surface area (Å²) < 4.78 is 42.7. The summed E-state index contributed by atoms with van der Waals surface area (Å²) in [6.07, 6.45) is 1.73. The molecular weight excluding hydrogens is 282 g/mol. The van der Waals surface area contributed by atoms with E-state index in [4.69, 9.17) is 13.9 Å². The van der Waals surface area contributed by atoms with Gasteiger partial charge in [0, 0.05) is 25.7 Å². The summed E-state index contributed by atoms with van der Waals surface area (Å²) in [4.78, 5) is 0. The van der Waals surface area contributed by atoms with E-state index in [-0.39, 0.29) is 0 Å². The molecular formula is C14H22F2O3Si. The second kappa shape index (κ2) is 8.46. The molecule has 0 aliphatic heterocycles. The van der Waals surface area contributed by atoms with Gasteiger partial charge in [0.15, 0.2) is 10.5 Å². The molecule has 0 aromatic heterocycles. The van der Waals surface area contributed by atoms with Crippen molar-refractivity contribution in [2.24, 2.45) is 0 Å². The average Bonchev–Trinajstić information content (AvgIpc) is 2.38. The number of ether oxygens (including phenoxy) is 2. The van der Waals surface area contributed by atoms with Gasteiger partial charge in [-0.15, -0.1) is 0 Å². The van der Waals surface area contributed by atoms with Gasteiger partial charge in [-0.3, -0.25) is 0 Å². The fraction of sp³-hybridized carbons (Fsp3) is 0.571. The summed E-state index contributed by atoms with van der Waals surface area (Å²) in [6.45, 7) is 4.71. The molecule has 20 heavy (non-hydrogen) atoms. The quantitative estimate of drug-likeness (QED) is 0.517. The highest BCUT2D eigenvalue weighted by atomic mass is 28.2. The number of rotatable bonds is 9. The molecule has 0 heterocycles. The van der Waals surface area contributed by atoms with E-state index in [9.17, 15) is 8.78 Å². The summed E-state index contributed by atoms with van der Waals surface area (Å²) in [6, 6.07) is 3.55. The van der Waals surface area contributed by atoms with Gasteiger partial charge in [-0.25, -0.2) is 8.78 Å². The van der Waals surface area contributed by atoms with Crippen LogP contribution in [-0.2, 0) is 20.3 Å². The molecule has 0 saturated heterocycles. The van der Waals surface area contributed by atoms with Crippen LogP contribution in [0.25, 0.3) is 0 Å². The minimum atomic E-state index is -1.01. The van der Waals surface area contributed by atoms with Crippen molar-refractivity contribution in [2.75, 3.05) is 13.2 Å². The monoisotopic (exact) mass is 304 g/mol. The molecule has 1 aromatic carbocycles. The predicted octanol–water partition coefficient (Wildman–Crippen LogP) is 2.31. The molecule has 0 aliphatic rings. The number of aryl methyl sites for hydroxylation is 1. The van der Waals surface area contributed by atoms with Gasteiger partial charge in [-0.05, 0) is 44.4 Å². The molecule has 0 amide bonds. The minimum Gasteiger partial charge on any atom is -0.380 e. The van der Waals surface area contributed by atoms with Gasteiger partial charge in [-0.1, -0.05) is 0 Å². The maximum absolute atomic E-state index is 13.1. The predicted molar refractivity (Wildman–Crippen MR) is 76.3 cm³/mol. The van der Waals surface area contributed by atoms with Gasteiger partial charge in [0.25, 0.3) is 5.97 Å². The third kappa shape index (κ3) is 5.28. The minimum absolute atomic E-state index is 0.483. The summed E-state index contributed by atoms with van der Waals surface area (Å²) in [5.41, 5.74) is 0.623. The van der Waals surface area contributed by atoms with Crippen LogP contribution in [0.15, 0.2) is 18.2 Å². The molecule has 0 fully saturated rings. The zero-order chi connectivity index (χ0) is 15.0. The van der Waals surface area contributed by atoms with Crippen molar-refractivity contribution in [1.29, 1.82) is 0 Å². The van der Waals surface area contributed by atoms with Crippen molar-refractivity contribution >= 4 is 10.5 Å². The van der Waals surface area contributed by atoms with Crippen LogP contribution in [0.4, 0.5) is 8.78 Å². The highest BCUT2D eigenvalue weighted by Crippen LogP contribution is 2.22. The van der Waals surface area contributed by atoms with Crippen LogP contribution in [0.3, 0.4) is 0 Å². The van der Waals surface area contributed by atoms with Gasteiger partial charge >= 0.3 is 0 Å². The second-order valence-electron chi connectivity index (χ2n) is 4.38. The number of hydrogen-bond donors (Lipinski definition) is 0. The molecule has 0 N–H and O–H groups in total.